The summed E-state index contributed by atoms with van der Waals surface area (Å²) in [5, 5.41) is 7.81. The first-order chi connectivity index (χ1) is 13.2. The van der Waals surface area contributed by atoms with Gasteiger partial charge >= 0.3 is 6.09 Å². The van der Waals surface area contributed by atoms with Gasteiger partial charge in [0.15, 0.2) is 0 Å². The van der Waals surface area contributed by atoms with Crippen LogP contribution < -0.4 is 10.2 Å². The molecule has 1 N–H and O–H groups in total. The minimum Gasteiger partial charge on any atom is -0.444 e. The number of carbonyl (C=O) groups excluding carboxylic acids is 1. The molecule has 0 aromatic carbocycles. The number of carbonyl (C=O) groups is 1. The molecule has 28 heavy (non-hydrogen) atoms. The highest BCUT2D eigenvalue weighted by atomic mass is 35.5. The highest BCUT2D eigenvalue weighted by Crippen LogP contribution is 2.33. The molecule has 1 saturated heterocycles. The van der Waals surface area contributed by atoms with E-state index in [0.29, 0.717) is 11.7 Å². The van der Waals surface area contributed by atoms with Gasteiger partial charge in [-0.3, -0.25) is 4.68 Å². The SMILES string of the molecule is CCn1cc(-c2cnc(Cl)cc2N2CCC[C@H](NC(=O)OC(C)(C)C)C2)cn1. The van der Waals surface area contributed by atoms with Crippen molar-refractivity contribution in [3.8, 4) is 11.1 Å². The van der Waals surface area contributed by atoms with Crippen molar-refractivity contribution in [1.29, 1.82) is 0 Å². The molecule has 2 aromatic heterocycles. The third kappa shape index (κ3) is 5.16. The maximum absolute atomic E-state index is 12.2. The van der Waals surface area contributed by atoms with E-state index in [1.807, 2.05) is 43.9 Å². The number of halogens is 1. The van der Waals surface area contributed by atoms with Crippen molar-refractivity contribution in [2.45, 2.75) is 58.7 Å². The number of aryl methyl sites for hydroxylation is 1. The number of rotatable bonds is 4. The van der Waals surface area contributed by atoms with Crippen LogP contribution >= 0.6 is 11.6 Å². The van der Waals surface area contributed by atoms with E-state index < -0.39 is 5.60 Å². The molecule has 1 aliphatic heterocycles. The Kier molecular flexibility index (Phi) is 6.13. The Labute approximate surface area is 171 Å². The van der Waals surface area contributed by atoms with Crippen molar-refractivity contribution in [3.63, 3.8) is 0 Å². The van der Waals surface area contributed by atoms with Gasteiger partial charge in [0.25, 0.3) is 0 Å². The molecule has 0 aliphatic carbocycles. The van der Waals surface area contributed by atoms with E-state index >= 15 is 0 Å². The van der Waals surface area contributed by atoms with Crippen LogP contribution in [-0.2, 0) is 11.3 Å². The zero-order valence-corrected chi connectivity index (χ0v) is 17.7. The minimum atomic E-state index is -0.510. The van der Waals surface area contributed by atoms with Gasteiger partial charge in [0.1, 0.15) is 10.8 Å². The highest BCUT2D eigenvalue weighted by Gasteiger charge is 2.26. The van der Waals surface area contributed by atoms with Gasteiger partial charge < -0.3 is 15.0 Å². The van der Waals surface area contributed by atoms with Gasteiger partial charge in [-0.2, -0.15) is 5.10 Å². The molecule has 0 bridgehead atoms. The summed E-state index contributed by atoms with van der Waals surface area (Å²) < 4.78 is 7.28. The van der Waals surface area contributed by atoms with Crippen LogP contribution in [0.5, 0.6) is 0 Å². The molecule has 2 aromatic rings. The zero-order valence-electron chi connectivity index (χ0n) is 16.9. The number of nitrogens with zero attached hydrogens (tertiary/aromatic N) is 4. The van der Waals surface area contributed by atoms with Gasteiger partial charge in [0.05, 0.1) is 6.20 Å². The van der Waals surface area contributed by atoms with Gasteiger partial charge in [-0.05, 0) is 46.6 Å². The predicted octanol–water partition coefficient (Wildman–Crippen LogP) is 4.11. The van der Waals surface area contributed by atoms with Crippen LogP contribution in [0.4, 0.5) is 10.5 Å². The Balaban J connectivity index is 1.79. The molecule has 0 spiro atoms. The summed E-state index contributed by atoms with van der Waals surface area (Å²) in [4.78, 5) is 18.7. The molecule has 1 fully saturated rings. The van der Waals surface area contributed by atoms with Gasteiger partial charge in [-0.25, -0.2) is 9.78 Å². The molecule has 0 unspecified atom stereocenters. The number of hydrogen-bond acceptors (Lipinski definition) is 5. The fourth-order valence-corrected chi connectivity index (χ4v) is 3.52. The number of nitrogens with one attached hydrogen (secondary N) is 1. The number of pyridine rings is 1. The standard InChI is InChI=1S/C20H28ClN5O2/c1-5-26-12-14(10-23-26)16-11-22-18(21)9-17(16)25-8-6-7-15(13-25)24-19(27)28-20(2,3)4/h9-12,15H,5-8,13H2,1-4H3,(H,24,27)/t15-/m0/s1. The lowest BCUT2D eigenvalue weighted by Gasteiger charge is -2.36. The van der Waals surface area contributed by atoms with E-state index in [9.17, 15) is 4.79 Å². The van der Waals surface area contributed by atoms with Crippen LogP contribution in [-0.4, -0.2) is 45.6 Å². The number of aromatic nitrogens is 3. The van der Waals surface area contributed by atoms with Crippen LogP contribution in [0.2, 0.25) is 5.15 Å². The average molecular weight is 406 g/mol. The molecule has 152 valence electrons. The average Bonchev–Trinajstić information content (AvgIpc) is 3.09. The Hall–Kier alpha value is -2.28. The number of alkyl carbamates (subject to hydrolysis) is 1. The lowest BCUT2D eigenvalue weighted by Crippen LogP contribution is -2.49. The number of hydrogen-bond donors (Lipinski definition) is 1. The number of amides is 1. The Morgan fingerprint density at radius 2 is 2.18 bits per heavy atom. The van der Waals surface area contributed by atoms with Crippen LogP contribution in [0.1, 0.15) is 40.5 Å². The van der Waals surface area contributed by atoms with Crippen LogP contribution in [0, 0.1) is 0 Å². The molecule has 3 heterocycles. The topological polar surface area (TPSA) is 72.3 Å². The van der Waals surface area contributed by atoms with Crippen LogP contribution in [0.15, 0.2) is 24.7 Å². The van der Waals surface area contributed by atoms with Crippen molar-refractivity contribution in [3.05, 3.63) is 29.8 Å². The summed E-state index contributed by atoms with van der Waals surface area (Å²) >= 11 is 6.20. The first-order valence-corrected chi connectivity index (χ1v) is 10.1. The van der Waals surface area contributed by atoms with Gasteiger partial charge in [0.2, 0.25) is 0 Å². The van der Waals surface area contributed by atoms with Gasteiger partial charge in [-0.1, -0.05) is 11.6 Å². The number of anilines is 1. The summed E-state index contributed by atoms with van der Waals surface area (Å²) in [6.45, 7) is 10.0. The quantitative estimate of drug-likeness (QED) is 0.775. The molecular weight excluding hydrogens is 378 g/mol. The molecule has 7 nitrogen and oxygen atoms in total. The molecule has 1 atom stereocenters. The fraction of sp³-hybridized carbons (Fsp3) is 0.550. The van der Waals surface area contributed by atoms with E-state index in [4.69, 9.17) is 16.3 Å². The summed E-state index contributed by atoms with van der Waals surface area (Å²) in [5.41, 5.74) is 2.49. The summed E-state index contributed by atoms with van der Waals surface area (Å²) in [7, 11) is 0. The largest absolute Gasteiger partial charge is 0.444 e. The summed E-state index contributed by atoms with van der Waals surface area (Å²) in [5.74, 6) is 0. The second kappa shape index (κ2) is 8.39. The monoisotopic (exact) mass is 405 g/mol. The second-order valence-electron chi connectivity index (χ2n) is 8.04. The Bertz CT molecular complexity index is 830. The molecule has 1 aliphatic rings. The fourth-order valence-electron chi connectivity index (χ4n) is 3.37. The summed E-state index contributed by atoms with van der Waals surface area (Å²) in [6, 6.07) is 1.90. The van der Waals surface area contributed by atoms with Crippen molar-refractivity contribution < 1.29 is 9.53 Å². The third-order valence-electron chi connectivity index (χ3n) is 4.60. The zero-order chi connectivity index (χ0) is 20.3. The van der Waals surface area contributed by atoms with Crippen LogP contribution in [0.3, 0.4) is 0 Å². The lowest BCUT2D eigenvalue weighted by atomic mass is 10.0. The predicted molar refractivity (Wildman–Crippen MR) is 111 cm³/mol. The van der Waals surface area contributed by atoms with E-state index in [2.05, 4.69) is 27.2 Å². The molecule has 3 rings (SSSR count). The van der Waals surface area contributed by atoms with Crippen molar-refractivity contribution in [2.75, 3.05) is 18.0 Å². The van der Waals surface area contributed by atoms with E-state index in [1.54, 1.807) is 6.20 Å². The van der Waals surface area contributed by atoms with Gasteiger partial charge in [-0.15, -0.1) is 0 Å². The van der Waals surface area contributed by atoms with E-state index in [1.165, 1.54) is 0 Å². The lowest BCUT2D eigenvalue weighted by molar-refractivity contribution is 0.0500. The minimum absolute atomic E-state index is 0.0155. The first-order valence-electron chi connectivity index (χ1n) is 9.68. The molecular formula is C20H28ClN5O2. The van der Waals surface area contributed by atoms with E-state index in [0.717, 1.165) is 42.7 Å². The van der Waals surface area contributed by atoms with Crippen molar-refractivity contribution >= 4 is 23.4 Å². The normalized spacial score (nSPS) is 17.5. The number of ether oxygens (including phenoxy) is 1. The maximum atomic E-state index is 12.2. The molecule has 0 saturated carbocycles. The van der Waals surface area contributed by atoms with E-state index in [-0.39, 0.29) is 12.1 Å². The Morgan fingerprint density at radius 1 is 1.39 bits per heavy atom. The molecule has 1 amide bonds. The smallest absolute Gasteiger partial charge is 0.407 e. The highest BCUT2D eigenvalue weighted by molar-refractivity contribution is 6.29. The number of piperidine rings is 1. The molecule has 8 heteroatoms. The third-order valence-corrected chi connectivity index (χ3v) is 4.81. The first kappa shape index (κ1) is 20.5. The maximum Gasteiger partial charge on any atom is 0.407 e. The van der Waals surface area contributed by atoms with Gasteiger partial charge in [0, 0.05) is 54.9 Å². The van der Waals surface area contributed by atoms with Crippen molar-refractivity contribution in [2.24, 2.45) is 0 Å². The van der Waals surface area contributed by atoms with Crippen molar-refractivity contribution in [1.82, 2.24) is 20.1 Å². The van der Waals surface area contributed by atoms with Crippen LogP contribution in [0.25, 0.3) is 11.1 Å². The Morgan fingerprint density at radius 3 is 2.86 bits per heavy atom. The summed E-state index contributed by atoms with van der Waals surface area (Å²) in [6.07, 6.45) is 7.15. The molecule has 0 radical (unpaired) electrons. The second-order valence-corrected chi connectivity index (χ2v) is 8.43.